The molecule has 0 saturated carbocycles. The first-order chi connectivity index (χ1) is 23.3. The molecule has 0 saturated heterocycles. The largest absolute Gasteiger partial charge is 0.309 e. The lowest BCUT2D eigenvalue weighted by molar-refractivity contribution is 1.28. The van der Waals surface area contributed by atoms with E-state index in [0.29, 0.717) is 0 Å². The zero-order valence-corrected chi connectivity index (χ0v) is 26.0. The molecule has 0 fully saturated rings. The van der Waals surface area contributed by atoms with E-state index in [2.05, 4.69) is 205 Å². The zero-order chi connectivity index (χ0) is 31.4. The topological polar surface area (TPSA) is 3.24 Å². The van der Waals surface area contributed by atoms with Gasteiger partial charge in [-0.25, -0.2) is 0 Å². The average Bonchev–Trinajstić information content (AvgIpc) is 3.16. The number of fused-ring (bicyclic) bond motifs is 1. The number of nitrogens with zero attached hydrogens (tertiary/aromatic N) is 1. The summed E-state index contributed by atoms with van der Waals surface area (Å²) in [5.41, 5.74) is 12.8. The Bertz CT molecular complexity index is 2200. The third kappa shape index (κ3) is 5.49. The first-order valence-corrected chi connectivity index (χ1v) is 16.1. The molecule has 0 aliphatic rings. The van der Waals surface area contributed by atoms with Crippen LogP contribution in [0.4, 0.5) is 17.1 Å². The number of hydrogen-bond donors (Lipinski definition) is 0. The Labute approximate surface area is 276 Å². The molecule has 0 amide bonds. The maximum atomic E-state index is 2.47. The highest BCUT2D eigenvalue weighted by atomic mass is 15.1. The Balaban J connectivity index is 1.47. The smallest absolute Gasteiger partial charge is 0.0546 e. The summed E-state index contributed by atoms with van der Waals surface area (Å²) in [4.78, 5) is 2.47. The van der Waals surface area contributed by atoms with Crippen molar-refractivity contribution >= 4 is 27.8 Å². The molecule has 0 unspecified atom stereocenters. The van der Waals surface area contributed by atoms with Gasteiger partial charge in [0.25, 0.3) is 0 Å². The summed E-state index contributed by atoms with van der Waals surface area (Å²) >= 11 is 0. The van der Waals surface area contributed by atoms with E-state index < -0.39 is 0 Å². The second-order valence-corrected chi connectivity index (χ2v) is 11.7. The zero-order valence-electron chi connectivity index (χ0n) is 26.0. The molecule has 8 aromatic carbocycles. The van der Waals surface area contributed by atoms with E-state index in [1.165, 1.54) is 55.3 Å². The molecule has 8 aromatic rings. The summed E-state index contributed by atoms with van der Waals surface area (Å²) in [6.45, 7) is 0. The van der Waals surface area contributed by atoms with Gasteiger partial charge in [0.1, 0.15) is 0 Å². The SMILES string of the molecule is c1ccc(-c2ccccc2N(c2ccccc2-c2ccccc2)c2cc(-c3cccc4ccccc34)ccc2-c2ccccc2)cc1. The highest BCUT2D eigenvalue weighted by Crippen LogP contribution is 2.48. The lowest BCUT2D eigenvalue weighted by Crippen LogP contribution is -2.14. The molecule has 0 aliphatic carbocycles. The molecule has 0 aliphatic heterocycles. The number of benzene rings is 8. The van der Waals surface area contributed by atoms with E-state index >= 15 is 0 Å². The van der Waals surface area contributed by atoms with E-state index in [0.717, 1.165) is 17.1 Å². The minimum absolute atomic E-state index is 1.12. The van der Waals surface area contributed by atoms with E-state index in [1.807, 2.05) is 0 Å². The van der Waals surface area contributed by atoms with E-state index in [9.17, 15) is 0 Å². The van der Waals surface area contributed by atoms with Crippen LogP contribution in [-0.4, -0.2) is 0 Å². The number of rotatable bonds is 7. The predicted molar refractivity (Wildman–Crippen MR) is 200 cm³/mol. The molecule has 0 N–H and O–H groups in total. The molecule has 0 heterocycles. The fraction of sp³-hybridized carbons (Fsp3) is 0. The maximum Gasteiger partial charge on any atom is 0.0546 e. The second kappa shape index (κ2) is 12.7. The van der Waals surface area contributed by atoms with Gasteiger partial charge in [-0.15, -0.1) is 0 Å². The van der Waals surface area contributed by atoms with Gasteiger partial charge >= 0.3 is 0 Å². The van der Waals surface area contributed by atoms with Crippen LogP contribution in [0.15, 0.2) is 200 Å². The molecule has 0 atom stereocenters. The minimum Gasteiger partial charge on any atom is -0.309 e. The third-order valence-corrected chi connectivity index (χ3v) is 8.88. The third-order valence-electron chi connectivity index (χ3n) is 8.88. The highest BCUT2D eigenvalue weighted by molar-refractivity contribution is 6.01. The molecule has 0 radical (unpaired) electrons. The fourth-order valence-corrected chi connectivity index (χ4v) is 6.67. The van der Waals surface area contributed by atoms with Crippen molar-refractivity contribution in [1.29, 1.82) is 0 Å². The second-order valence-electron chi connectivity index (χ2n) is 11.7. The van der Waals surface area contributed by atoms with Gasteiger partial charge in [-0.05, 0) is 56.8 Å². The van der Waals surface area contributed by atoms with Crippen LogP contribution in [0.1, 0.15) is 0 Å². The lowest BCUT2D eigenvalue weighted by Gasteiger charge is -2.32. The normalized spacial score (nSPS) is 11.0. The van der Waals surface area contributed by atoms with Crippen molar-refractivity contribution in [3.63, 3.8) is 0 Å². The molecular weight excluding hydrogens is 567 g/mol. The molecule has 222 valence electrons. The van der Waals surface area contributed by atoms with Gasteiger partial charge in [-0.3, -0.25) is 0 Å². The van der Waals surface area contributed by atoms with Crippen LogP contribution in [0.5, 0.6) is 0 Å². The Morgan fingerprint density at radius 1 is 0.255 bits per heavy atom. The van der Waals surface area contributed by atoms with Crippen LogP contribution in [0.25, 0.3) is 55.3 Å². The maximum absolute atomic E-state index is 2.47. The van der Waals surface area contributed by atoms with Crippen molar-refractivity contribution in [2.45, 2.75) is 0 Å². The van der Waals surface area contributed by atoms with E-state index in [-0.39, 0.29) is 0 Å². The molecule has 1 heteroatoms. The summed E-state index contributed by atoms with van der Waals surface area (Å²) < 4.78 is 0. The quantitative estimate of drug-likeness (QED) is 0.176. The summed E-state index contributed by atoms with van der Waals surface area (Å²) in [5, 5.41) is 2.48. The van der Waals surface area contributed by atoms with Crippen molar-refractivity contribution in [3.8, 4) is 44.5 Å². The van der Waals surface area contributed by atoms with Crippen LogP contribution < -0.4 is 4.90 Å². The predicted octanol–water partition coefficient (Wildman–Crippen LogP) is 13.0. The number of para-hydroxylation sites is 2. The molecular formula is C46H33N. The van der Waals surface area contributed by atoms with Crippen LogP contribution in [-0.2, 0) is 0 Å². The van der Waals surface area contributed by atoms with Crippen molar-refractivity contribution < 1.29 is 0 Å². The molecule has 47 heavy (non-hydrogen) atoms. The number of hydrogen-bond acceptors (Lipinski definition) is 1. The van der Waals surface area contributed by atoms with Gasteiger partial charge in [-0.2, -0.15) is 0 Å². The van der Waals surface area contributed by atoms with Crippen LogP contribution in [0.2, 0.25) is 0 Å². The first kappa shape index (κ1) is 28.3. The highest BCUT2D eigenvalue weighted by Gasteiger charge is 2.23. The summed E-state index contributed by atoms with van der Waals surface area (Å²) in [5.74, 6) is 0. The van der Waals surface area contributed by atoms with Gasteiger partial charge < -0.3 is 4.90 Å². The number of anilines is 3. The molecule has 0 aromatic heterocycles. The Morgan fingerprint density at radius 2 is 0.681 bits per heavy atom. The molecule has 0 bridgehead atoms. The summed E-state index contributed by atoms with van der Waals surface area (Å²) in [6, 6.07) is 71.9. The van der Waals surface area contributed by atoms with Gasteiger partial charge in [0.05, 0.1) is 17.1 Å². The fourth-order valence-electron chi connectivity index (χ4n) is 6.67. The Morgan fingerprint density at radius 3 is 1.26 bits per heavy atom. The van der Waals surface area contributed by atoms with E-state index in [1.54, 1.807) is 0 Å². The van der Waals surface area contributed by atoms with Crippen LogP contribution >= 0.6 is 0 Å². The molecule has 1 nitrogen and oxygen atoms in total. The monoisotopic (exact) mass is 599 g/mol. The van der Waals surface area contributed by atoms with E-state index in [4.69, 9.17) is 0 Å². The lowest BCUT2D eigenvalue weighted by atomic mass is 9.93. The van der Waals surface area contributed by atoms with Crippen molar-refractivity contribution in [3.05, 3.63) is 200 Å². The Kier molecular flexibility index (Phi) is 7.63. The molecule has 0 spiro atoms. The van der Waals surface area contributed by atoms with Gasteiger partial charge in [-0.1, -0.05) is 182 Å². The summed E-state index contributed by atoms with van der Waals surface area (Å²) in [6.07, 6.45) is 0. The van der Waals surface area contributed by atoms with Crippen molar-refractivity contribution in [1.82, 2.24) is 0 Å². The van der Waals surface area contributed by atoms with Crippen molar-refractivity contribution in [2.75, 3.05) is 4.90 Å². The Hall–Kier alpha value is -6.18. The molecule has 8 rings (SSSR count). The average molecular weight is 600 g/mol. The van der Waals surface area contributed by atoms with Gasteiger partial charge in [0.15, 0.2) is 0 Å². The first-order valence-electron chi connectivity index (χ1n) is 16.1. The van der Waals surface area contributed by atoms with Crippen LogP contribution in [0.3, 0.4) is 0 Å². The van der Waals surface area contributed by atoms with Gasteiger partial charge in [0, 0.05) is 16.7 Å². The van der Waals surface area contributed by atoms with Crippen molar-refractivity contribution in [2.24, 2.45) is 0 Å². The summed E-state index contributed by atoms with van der Waals surface area (Å²) in [7, 11) is 0. The van der Waals surface area contributed by atoms with Crippen LogP contribution in [0, 0.1) is 0 Å². The minimum atomic E-state index is 1.12. The standard InChI is InChI=1S/C46H33N/c1-4-17-35(18-5-1)41-26-12-14-29-44(41)47(45-30-15-13-27-42(45)36-19-6-2-7-20-36)46-33-38(31-32-43(46)37-21-8-3-9-22-37)40-28-16-24-34-23-10-11-25-39(34)40/h1-33H. The van der Waals surface area contributed by atoms with Gasteiger partial charge in [0.2, 0.25) is 0 Å².